The Labute approximate surface area is 225 Å². The van der Waals surface area contributed by atoms with E-state index in [1.54, 1.807) is 17.5 Å². The van der Waals surface area contributed by atoms with E-state index in [9.17, 15) is 4.79 Å². The second-order valence-corrected chi connectivity index (χ2v) is 11.4. The highest BCUT2D eigenvalue weighted by Gasteiger charge is 2.26. The molecule has 1 aliphatic heterocycles. The van der Waals surface area contributed by atoms with E-state index in [1.807, 2.05) is 23.7 Å². The number of carbonyl (C=O) groups is 1. The van der Waals surface area contributed by atoms with Crippen LogP contribution in [0, 0.1) is 0 Å². The molecule has 8 nitrogen and oxygen atoms in total. The fraction of sp³-hybridized carbons (Fsp3) is 0.345. The van der Waals surface area contributed by atoms with E-state index in [4.69, 9.17) is 4.98 Å². The topological polar surface area (TPSA) is 92.9 Å². The summed E-state index contributed by atoms with van der Waals surface area (Å²) in [6, 6.07) is 13.2. The SMILES string of the molecule is O=C(Nc1cc(-c2cccc3[nH]ccc23)cc2[nH]ncc12)c1csc(CN2CCN(C3CCCC3)CC2)n1. The third-order valence-electron chi connectivity index (χ3n) is 8.10. The molecule has 2 fully saturated rings. The maximum atomic E-state index is 13.3. The van der Waals surface area contributed by atoms with Crippen molar-refractivity contribution in [2.24, 2.45) is 0 Å². The number of thiazole rings is 1. The maximum absolute atomic E-state index is 13.3. The Morgan fingerprint density at radius 2 is 1.92 bits per heavy atom. The molecule has 2 aliphatic rings. The molecule has 0 bridgehead atoms. The molecule has 3 aromatic heterocycles. The number of H-pyrrole nitrogens is 2. The summed E-state index contributed by atoms with van der Waals surface area (Å²) in [7, 11) is 0. The van der Waals surface area contributed by atoms with Crippen molar-refractivity contribution in [2.75, 3.05) is 31.5 Å². The van der Waals surface area contributed by atoms with Crippen LogP contribution in [0.4, 0.5) is 5.69 Å². The summed E-state index contributed by atoms with van der Waals surface area (Å²) in [6.07, 6.45) is 9.19. The molecule has 1 saturated heterocycles. The molecule has 3 N–H and O–H groups in total. The molecule has 5 aromatic rings. The van der Waals surface area contributed by atoms with Crippen LogP contribution in [-0.4, -0.2) is 68.1 Å². The highest BCUT2D eigenvalue weighted by molar-refractivity contribution is 7.09. The van der Waals surface area contributed by atoms with Gasteiger partial charge in [-0.2, -0.15) is 5.10 Å². The van der Waals surface area contributed by atoms with Crippen molar-refractivity contribution in [2.45, 2.75) is 38.3 Å². The van der Waals surface area contributed by atoms with Gasteiger partial charge in [-0.1, -0.05) is 25.0 Å². The highest BCUT2D eigenvalue weighted by atomic mass is 32.1. The van der Waals surface area contributed by atoms with Crippen LogP contribution < -0.4 is 5.32 Å². The zero-order valence-corrected chi connectivity index (χ0v) is 22.1. The molecule has 7 rings (SSSR count). The number of nitrogens with one attached hydrogen (secondary N) is 3. The summed E-state index contributed by atoms with van der Waals surface area (Å²) in [5.41, 5.74) is 5.25. The van der Waals surface area contributed by atoms with E-state index < -0.39 is 0 Å². The first-order chi connectivity index (χ1) is 18.7. The summed E-state index contributed by atoms with van der Waals surface area (Å²) in [5.74, 6) is -0.196. The first kappa shape index (κ1) is 23.6. The van der Waals surface area contributed by atoms with Gasteiger partial charge in [0.05, 0.1) is 23.9 Å². The zero-order chi connectivity index (χ0) is 25.5. The number of aromatic nitrogens is 4. The molecule has 1 aliphatic carbocycles. The van der Waals surface area contributed by atoms with Crippen molar-refractivity contribution >= 4 is 44.7 Å². The van der Waals surface area contributed by atoms with Crippen molar-refractivity contribution in [3.63, 3.8) is 0 Å². The number of piperazine rings is 1. The Morgan fingerprint density at radius 1 is 1.05 bits per heavy atom. The van der Waals surface area contributed by atoms with E-state index in [0.717, 1.165) is 82.4 Å². The Kier molecular flexibility index (Phi) is 6.19. The Hall–Kier alpha value is -3.53. The van der Waals surface area contributed by atoms with Gasteiger partial charge in [0.2, 0.25) is 0 Å². The Morgan fingerprint density at radius 3 is 2.79 bits per heavy atom. The normalized spacial score (nSPS) is 17.6. The summed E-state index contributed by atoms with van der Waals surface area (Å²) in [6.45, 7) is 5.21. The van der Waals surface area contributed by atoms with Gasteiger partial charge in [-0.25, -0.2) is 4.98 Å². The summed E-state index contributed by atoms with van der Waals surface area (Å²) in [5, 5.41) is 15.3. The van der Waals surface area contributed by atoms with E-state index in [0.29, 0.717) is 5.69 Å². The number of carbonyl (C=O) groups excluding carboxylic acids is 1. The van der Waals surface area contributed by atoms with Crippen LogP contribution in [0.1, 0.15) is 41.2 Å². The lowest BCUT2D eigenvalue weighted by molar-refractivity contribution is 0.0934. The van der Waals surface area contributed by atoms with E-state index in [-0.39, 0.29) is 5.91 Å². The van der Waals surface area contributed by atoms with E-state index >= 15 is 0 Å². The molecular formula is C29H31N7OS. The largest absolute Gasteiger partial charge is 0.361 e. The maximum Gasteiger partial charge on any atom is 0.275 e. The molecule has 38 heavy (non-hydrogen) atoms. The Bertz CT molecular complexity index is 1590. The monoisotopic (exact) mass is 525 g/mol. The second-order valence-electron chi connectivity index (χ2n) is 10.4. The van der Waals surface area contributed by atoms with Crippen LogP contribution in [0.15, 0.2) is 54.2 Å². The standard InChI is InChI=1S/C29H31N7OS/c37-29(27-18-38-28(32-27)17-35-10-12-36(13-11-35)20-4-1-2-5-20)33-25-14-19(15-26-23(25)16-31-34-26)21-6-3-7-24-22(21)8-9-30-24/h3,6-9,14-16,18,20,30H,1-2,4-5,10-13,17H2,(H,31,34)(H,33,37). The molecule has 0 atom stereocenters. The van der Waals surface area contributed by atoms with Gasteiger partial charge in [0.25, 0.3) is 5.91 Å². The average molecular weight is 526 g/mol. The average Bonchev–Trinajstić information content (AvgIpc) is 3.75. The lowest BCUT2D eigenvalue weighted by Crippen LogP contribution is -2.49. The summed E-state index contributed by atoms with van der Waals surface area (Å²) < 4.78 is 0. The van der Waals surface area contributed by atoms with Crippen molar-refractivity contribution in [1.82, 2.24) is 30.0 Å². The minimum Gasteiger partial charge on any atom is -0.361 e. The van der Waals surface area contributed by atoms with Gasteiger partial charge in [0.15, 0.2) is 0 Å². The van der Waals surface area contributed by atoms with Gasteiger partial charge in [-0.15, -0.1) is 11.3 Å². The molecule has 1 amide bonds. The first-order valence-electron chi connectivity index (χ1n) is 13.5. The predicted octanol–water partition coefficient (Wildman–Crippen LogP) is 5.48. The van der Waals surface area contributed by atoms with Crippen LogP contribution in [-0.2, 0) is 6.54 Å². The van der Waals surface area contributed by atoms with E-state index in [1.165, 1.54) is 25.7 Å². The smallest absolute Gasteiger partial charge is 0.275 e. The predicted molar refractivity (Wildman–Crippen MR) is 153 cm³/mol. The number of aromatic amines is 2. The first-order valence-corrected chi connectivity index (χ1v) is 14.3. The van der Waals surface area contributed by atoms with E-state index in [2.05, 4.69) is 54.6 Å². The molecule has 194 valence electrons. The van der Waals surface area contributed by atoms with Crippen molar-refractivity contribution in [3.8, 4) is 11.1 Å². The molecular weight excluding hydrogens is 494 g/mol. The Balaban J connectivity index is 1.06. The molecule has 4 heterocycles. The van der Waals surface area contributed by atoms with Gasteiger partial charge in [-0.3, -0.25) is 19.7 Å². The number of rotatable bonds is 6. The molecule has 1 saturated carbocycles. The summed E-state index contributed by atoms with van der Waals surface area (Å²) >= 11 is 1.57. The van der Waals surface area contributed by atoms with Gasteiger partial charge < -0.3 is 10.3 Å². The lowest BCUT2D eigenvalue weighted by Gasteiger charge is -2.37. The molecule has 0 spiro atoms. The zero-order valence-electron chi connectivity index (χ0n) is 21.2. The molecule has 9 heteroatoms. The number of amides is 1. The number of fused-ring (bicyclic) bond motifs is 2. The third kappa shape index (κ3) is 4.51. The fourth-order valence-electron chi connectivity index (χ4n) is 6.07. The number of benzene rings is 2. The van der Waals surface area contributed by atoms with Crippen molar-refractivity contribution in [1.29, 1.82) is 0 Å². The quantitative estimate of drug-likeness (QED) is 0.273. The van der Waals surface area contributed by atoms with Gasteiger partial charge in [0.1, 0.15) is 10.7 Å². The lowest BCUT2D eigenvalue weighted by atomic mass is 9.99. The number of hydrogen-bond acceptors (Lipinski definition) is 6. The number of anilines is 1. The van der Waals surface area contributed by atoms with Gasteiger partial charge in [0, 0.05) is 60.1 Å². The minimum atomic E-state index is -0.196. The second kappa shape index (κ2) is 9.98. The minimum absolute atomic E-state index is 0.196. The molecule has 2 aromatic carbocycles. The van der Waals surface area contributed by atoms with Crippen LogP contribution in [0.3, 0.4) is 0 Å². The van der Waals surface area contributed by atoms with Gasteiger partial charge >= 0.3 is 0 Å². The highest BCUT2D eigenvalue weighted by Crippen LogP contribution is 2.34. The summed E-state index contributed by atoms with van der Waals surface area (Å²) in [4.78, 5) is 26.4. The number of hydrogen-bond donors (Lipinski definition) is 3. The van der Waals surface area contributed by atoms with Crippen LogP contribution >= 0.6 is 11.3 Å². The van der Waals surface area contributed by atoms with Gasteiger partial charge in [-0.05, 0) is 48.2 Å². The molecule has 0 unspecified atom stereocenters. The van der Waals surface area contributed by atoms with Crippen LogP contribution in [0.5, 0.6) is 0 Å². The fourth-order valence-corrected chi connectivity index (χ4v) is 6.88. The van der Waals surface area contributed by atoms with Crippen molar-refractivity contribution < 1.29 is 4.79 Å². The third-order valence-corrected chi connectivity index (χ3v) is 8.94. The van der Waals surface area contributed by atoms with Crippen LogP contribution in [0.25, 0.3) is 32.9 Å². The number of nitrogens with zero attached hydrogens (tertiary/aromatic N) is 4. The molecule has 0 radical (unpaired) electrons. The van der Waals surface area contributed by atoms with Crippen LogP contribution in [0.2, 0.25) is 0 Å². The van der Waals surface area contributed by atoms with Crippen molar-refractivity contribution in [3.05, 3.63) is 64.9 Å².